The molecular weight excluding hydrogens is 408 g/mol. The van der Waals surface area contributed by atoms with Crippen LogP contribution in [-0.2, 0) is 10.0 Å². The average molecular weight is 433 g/mol. The van der Waals surface area contributed by atoms with Crippen molar-refractivity contribution >= 4 is 32.5 Å². The van der Waals surface area contributed by atoms with Crippen LogP contribution in [0.5, 0.6) is 5.75 Å². The number of sulfonamides is 1. The molecule has 29 heavy (non-hydrogen) atoms. The van der Waals surface area contributed by atoms with Gasteiger partial charge in [0.2, 0.25) is 10.0 Å². The van der Waals surface area contributed by atoms with Crippen LogP contribution in [0.4, 0.5) is 0 Å². The molecule has 154 valence electrons. The van der Waals surface area contributed by atoms with Gasteiger partial charge in [-0.2, -0.15) is 4.31 Å². The Morgan fingerprint density at radius 2 is 1.76 bits per heavy atom. The van der Waals surface area contributed by atoms with Crippen molar-refractivity contribution in [1.29, 1.82) is 0 Å². The third kappa shape index (κ3) is 3.77. The molecule has 1 aromatic heterocycles. The minimum absolute atomic E-state index is 0.252. The number of halogens is 1. The summed E-state index contributed by atoms with van der Waals surface area (Å²) in [6.45, 7) is 4.84. The Balaban J connectivity index is 1.55. The lowest BCUT2D eigenvalue weighted by atomic mass is 9.95. The standard InChI is InChI=1S/C22H25ClN2O3S/c1-14-10-21(28-3)22(11-15(14)2)29(26,27)25-8-6-16(7-9-25)20-13-17-12-18(23)4-5-19(17)24-20/h4-5,10-13,16,24H,6-9H2,1-3H3. The molecule has 2 heterocycles. The molecule has 0 saturated carbocycles. The van der Waals surface area contributed by atoms with E-state index in [1.54, 1.807) is 16.4 Å². The largest absolute Gasteiger partial charge is 0.495 e. The first-order chi connectivity index (χ1) is 13.8. The number of aromatic nitrogens is 1. The summed E-state index contributed by atoms with van der Waals surface area (Å²) in [6, 6.07) is 11.4. The van der Waals surface area contributed by atoms with Gasteiger partial charge in [-0.05, 0) is 74.2 Å². The third-order valence-electron chi connectivity index (χ3n) is 5.90. The summed E-state index contributed by atoms with van der Waals surface area (Å²) in [5, 5.41) is 1.80. The fourth-order valence-electron chi connectivity index (χ4n) is 4.02. The molecule has 4 rings (SSSR count). The number of fused-ring (bicyclic) bond motifs is 1. The summed E-state index contributed by atoms with van der Waals surface area (Å²) in [5.41, 5.74) is 4.15. The van der Waals surface area contributed by atoms with Gasteiger partial charge in [0.25, 0.3) is 0 Å². The van der Waals surface area contributed by atoms with Crippen LogP contribution in [0.2, 0.25) is 5.02 Å². The van der Waals surface area contributed by atoms with Crippen molar-refractivity contribution in [3.8, 4) is 5.75 Å². The second-order valence-corrected chi connectivity index (χ2v) is 10.1. The lowest BCUT2D eigenvalue weighted by molar-refractivity contribution is 0.315. The number of nitrogens with one attached hydrogen (secondary N) is 1. The predicted octanol–water partition coefficient (Wildman–Crippen LogP) is 5.02. The highest BCUT2D eigenvalue weighted by molar-refractivity contribution is 7.89. The molecule has 1 N–H and O–H groups in total. The van der Waals surface area contributed by atoms with E-state index >= 15 is 0 Å². The van der Waals surface area contributed by atoms with Crippen LogP contribution in [0.1, 0.15) is 35.6 Å². The molecule has 0 aliphatic carbocycles. The zero-order chi connectivity index (χ0) is 20.8. The zero-order valence-corrected chi connectivity index (χ0v) is 18.4. The molecule has 1 fully saturated rings. The third-order valence-corrected chi connectivity index (χ3v) is 8.05. The van der Waals surface area contributed by atoms with Crippen LogP contribution in [-0.4, -0.2) is 37.9 Å². The van der Waals surface area contributed by atoms with Crippen LogP contribution in [0, 0.1) is 13.8 Å². The van der Waals surface area contributed by atoms with Crippen molar-refractivity contribution < 1.29 is 13.2 Å². The van der Waals surface area contributed by atoms with Gasteiger partial charge in [0.05, 0.1) is 7.11 Å². The second-order valence-electron chi connectivity index (χ2n) is 7.72. The number of methoxy groups -OCH3 is 1. The summed E-state index contributed by atoms with van der Waals surface area (Å²) in [5.74, 6) is 0.706. The van der Waals surface area contributed by atoms with Crippen molar-refractivity contribution in [2.24, 2.45) is 0 Å². The monoisotopic (exact) mass is 432 g/mol. The quantitative estimate of drug-likeness (QED) is 0.629. The number of aryl methyl sites for hydroxylation is 2. The van der Waals surface area contributed by atoms with E-state index in [0.29, 0.717) is 29.8 Å². The first kappa shape index (κ1) is 20.3. The van der Waals surface area contributed by atoms with Gasteiger partial charge in [-0.1, -0.05) is 11.6 Å². The number of piperidine rings is 1. The Bertz CT molecular complexity index is 1160. The van der Waals surface area contributed by atoms with Crippen molar-refractivity contribution in [2.45, 2.75) is 37.5 Å². The van der Waals surface area contributed by atoms with Crippen molar-refractivity contribution in [2.75, 3.05) is 20.2 Å². The van der Waals surface area contributed by atoms with Crippen molar-refractivity contribution in [3.05, 3.63) is 58.2 Å². The molecule has 1 aliphatic rings. The molecule has 3 aromatic rings. The molecule has 0 amide bonds. The minimum atomic E-state index is -3.60. The van der Waals surface area contributed by atoms with Gasteiger partial charge in [-0.25, -0.2) is 8.42 Å². The number of H-pyrrole nitrogens is 1. The Morgan fingerprint density at radius 3 is 2.45 bits per heavy atom. The van der Waals surface area contributed by atoms with E-state index < -0.39 is 10.0 Å². The smallest absolute Gasteiger partial charge is 0.246 e. The number of nitrogens with zero attached hydrogens (tertiary/aromatic N) is 1. The van der Waals surface area contributed by atoms with E-state index in [4.69, 9.17) is 16.3 Å². The van der Waals surface area contributed by atoms with Gasteiger partial charge < -0.3 is 9.72 Å². The fraction of sp³-hybridized carbons (Fsp3) is 0.364. The van der Waals surface area contributed by atoms with Crippen LogP contribution in [0.25, 0.3) is 10.9 Å². The lowest BCUT2D eigenvalue weighted by Gasteiger charge is -2.31. The van der Waals surface area contributed by atoms with E-state index in [-0.39, 0.29) is 4.90 Å². The average Bonchev–Trinajstić information content (AvgIpc) is 3.13. The second kappa shape index (κ2) is 7.67. The zero-order valence-electron chi connectivity index (χ0n) is 16.8. The lowest BCUT2D eigenvalue weighted by Crippen LogP contribution is -2.38. The highest BCUT2D eigenvalue weighted by Crippen LogP contribution is 2.35. The first-order valence-corrected chi connectivity index (χ1v) is 11.5. The van der Waals surface area contributed by atoms with Gasteiger partial charge >= 0.3 is 0 Å². The number of hydrogen-bond donors (Lipinski definition) is 1. The van der Waals surface area contributed by atoms with E-state index in [9.17, 15) is 8.42 Å². The molecule has 2 aromatic carbocycles. The number of hydrogen-bond acceptors (Lipinski definition) is 3. The molecule has 0 bridgehead atoms. The fourth-order valence-corrected chi connectivity index (χ4v) is 5.89. The molecule has 1 saturated heterocycles. The molecular formula is C22H25ClN2O3S. The highest BCUT2D eigenvalue weighted by Gasteiger charge is 2.32. The molecule has 0 radical (unpaired) electrons. The van der Waals surface area contributed by atoms with Crippen LogP contribution >= 0.6 is 11.6 Å². The number of ether oxygens (including phenoxy) is 1. The van der Waals surface area contributed by atoms with Crippen molar-refractivity contribution in [1.82, 2.24) is 9.29 Å². The Labute approximate surface area is 176 Å². The molecule has 5 nitrogen and oxygen atoms in total. The van der Waals surface area contributed by atoms with Gasteiger partial charge in [0.1, 0.15) is 10.6 Å². The summed E-state index contributed by atoms with van der Waals surface area (Å²) >= 11 is 6.09. The summed E-state index contributed by atoms with van der Waals surface area (Å²) in [6.07, 6.45) is 1.54. The van der Waals surface area contributed by atoms with Crippen LogP contribution in [0.3, 0.4) is 0 Å². The van der Waals surface area contributed by atoms with E-state index in [1.165, 1.54) is 7.11 Å². The maximum atomic E-state index is 13.3. The maximum absolute atomic E-state index is 13.3. The van der Waals surface area contributed by atoms with Gasteiger partial charge in [0, 0.05) is 40.6 Å². The Morgan fingerprint density at radius 1 is 1.07 bits per heavy atom. The Kier molecular flexibility index (Phi) is 5.36. The van der Waals surface area contributed by atoms with Gasteiger partial charge in [-0.3, -0.25) is 0 Å². The summed E-state index contributed by atoms with van der Waals surface area (Å²) < 4.78 is 33.5. The normalized spacial score (nSPS) is 16.4. The van der Waals surface area contributed by atoms with Crippen LogP contribution < -0.4 is 4.74 Å². The first-order valence-electron chi connectivity index (χ1n) is 9.73. The summed E-state index contributed by atoms with van der Waals surface area (Å²) in [7, 11) is -2.09. The van der Waals surface area contributed by atoms with Crippen molar-refractivity contribution in [3.63, 3.8) is 0 Å². The summed E-state index contributed by atoms with van der Waals surface area (Å²) in [4.78, 5) is 3.71. The topological polar surface area (TPSA) is 62.4 Å². The minimum Gasteiger partial charge on any atom is -0.495 e. The Hall–Kier alpha value is -2.02. The molecule has 0 unspecified atom stereocenters. The number of rotatable bonds is 4. The highest BCUT2D eigenvalue weighted by atomic mass is 35.5. The molecule has 0 atom stereocenters. The van der Waals surface area contributed by atoms with Gasteiger partial charge in [0.15, 0.2) is 0 Å². The molecule has 7 heteroatoms. The van der Waals surface area contributed by atoms with E-state index in [1.807, 2.05) is 32.0 Å². The maximum Gasteiger partial charge on any atom is 0.246 e. The number of benzene rings is 2. The number of aromatic amines is 1. The van der Waals surface area contributed by atoms with E-state index in [2.05, 4.69) is 11.1 Å². The van der Waals surface area contributed by atoms with Crippen LogP contribution in [0.15, 0.2) is 41.3 Å². The van der Waals surface area contributed by atoms with Gasteiger partial charge in [-0.15, -0.1) is 0 Å². The predicted molar refractivity (Wildman–Crippen MR) is 117 cm³/mol. The van der Waals surface area contributed by atoms with E-state index in [0.717, 1.165) is 40.6 Å². The molecule has 1 aliphatic heterocycles. The SMILES string of the molecule is COc1cc(C)c(C)cc1S(=O)(=O)N1CCC(c2cc3cc(Cl)ccc3[nH]2)CC1. The molecule has 0 spiro atoms.